The normalized spacial score (nSPS) is 12.4. The van der Waals surface area contributed by atoms with E-state index in [1.807, 2.05) is 45.0 Å². The molecule has 2 aromatic carbocycles. The predicted molar refractivity (Wildman–Crippen MR) is 120 cm³/mol. The largest absolute Gasteiger partial charge is 0.483 e. The maximum Gasteiger partial charge on any atom is 0.261 e. The summed E-state index contributed by atoms with van der Waals surface area (Å²) in [6.45, 7) is 11.4. The van der Waals surface area contributed by atoms with E-state index in [1.54, 1.807) is 19.1 Å². The molecule has 168 valence electrons. The minimum Gasteiger partial charge on any atom is -0.483 e. The minimum atomic E-state index is -0.722. The van der Waals surface area contributed by atoms with Gasteiger partial charge in [0.25, 0.3) is 5.91 Å². The molecule has 2 amide bonds. The molecular formula is C25H33FN2O3. The fraction of sp³-hybridized carbons (Fsp3) is 0.440. The van der Waals surface area contributed by atoms with Crippen LogP contribution in [0.2, 0.25) is 0 Å². The van der Waals surface area contributed by atoms with Crippen molar-refractivity contribution in [3.63, 3.8) is 0 Å². The van der Waals surface area contributed by atoms with E-state index in [1.165, 1.54) is 17.0 Å². The number of benzene rings is 2. The third-order valence-electron chi connectivity index (χ3n) is 4.82. The zero-order chi connectivity index (χ0) is 23.2. The Hall–Kier alpha value is -2.89. The fourth-order valence-electron chi connectivity index (χ4n) is 3.15. The first-order valence-electron chi connectivity index (χ1n) is 10.6. The van der Waals surface area contributed by atoms with E-state index in [2.05, 4.69) is 19.2 Å². The van der Waals surface area contributed by atoms with Gasteiger partial charge in [-0.1, -0.05) is 44.2 Å². The molecule has 31 heavy (non-hydrogen) atoms. The molecule has 0 spiro atoms. The lowest BCUT2D eigenvalue weighted by atomic mass is 10.0. The van der Waals surface area contributed by atoms with Crippen LogP contribution >= 0.6 is 0 Å². The Morgan fingerprint density at radius 2 is 1.65 bits per heavy atom. The fourth-order valence-corrected chi connectivity index (χ4v) is 3.15. The Kier molecular flexibility index (Phi) is 8.20. The van der Waals surface area contributed by atoms with Gasteiger partial charge in [-0.05, 0) is 62.9 Å². The van der Waals surface area contributed by atoms with Gasteiger partial charge >= 0.3 is 0 Å². The van der Waals surface area contributed by atoms with E-state index in [0.717, 1.165) is 11.1 Å². The molecule has 1 N–H and O–H groups in total. The van der Waals surface area contributed by atoms with Crippen molar-refractivity contribution >= 4 is 11.8 Å². The second kappa shape index (κ2) is 10.4. The Morgan fingerprint density at radius 3 is 2.23 bits per heavy atom. The van der Waals surface area contributed by atoms with Gasteiger partial charge in [-0.3, -0.25) is 9.59 Å². The molecule has 0 aliphatic rings. The van der Waals surface area contributed by atoms with Crippen molar-refractivity contribution in [3.05, 3.63) is 65.5 Å². The summed E-state index contributed by atoms with van der Waals surface area (Å²) in [7, 11) is 0. The average molecular weight is 429 g/mol. The maximum absolute atomic E-state index is 13.3. The van der Waals surface area contributed by atoms with Crippen LogP contribution in [-0.2, 0) is 16.1 Å². The summed E-state index contributed by atoms with van der Waals surface area (Å²) < 4.78 is 19.1. The highest BCUT2D eigenvalue weighted by atomic mass is 19.1. The number of hydrogen-bond acceptors (Lipinski definition) is 3. The molecule has 0 saturated heterocycles. The molecular weight excluding hydrogens is 395 g/mol. The molecule has 0 bridgehead atoms. The van der Waals surface area contributed by atoms with E-state index in [-0.39, 0.29) is 36.7 Å². The van der Waals surface area contributed by atoms with E-state index in [9.17, 15) is 14.0 Å². The summed E-state index contributed by atoms with van der Waals surface area (Å²) in [5, 5.41) is 2.91. The lowest BCUT2D eigenvalue weighted by molar-refractivity contribution is -0.142. The molecule has 0 aliphatic heterocycles. The summed E-state index contributed by atoms with van der Waals surface area (Å²) in [5.41, 5.74) is 1.31. The van der Waals surface area contributed by atoms with Gasteiger partial charge in [-0.15, -0.1) is 0 Å². The van der Waals surface area contributed by atoms with Gasteiger partial charge in [0, 0.05) is 12.1 Å². The van der Waals surface area contributed by atoms with Gasteiger partial charge < -0.3 is 15.0 Å². The first kappa shape index (κ1) is 24.4. The highest BCUT2D eigenvalue weighted by molar-refractivity contribution is 5.88. The molecule has 0 radical (unpaired) electrons. The van der Waals surface area contributed by atoms with Crippen molar-refractivity contribution in [2.75, 3.05) is 6.61 Å². The minimum absolute atomic E-state index is 0.174. The number of para-hydroxylation sites is 1. The molecule has 0 aliphatic carbocycles. The molecule has 2 aromatic rings. The summed E-state index contributed by atoms with van der Waals surface area (Å²) in [6.07, 6.45) is 0. The number of hydrogen-bond donors (Lipinski definition) is 1. The maximum atomic E-state index is 13.3. The molecule has 0 saturated carbocycles. The molecule has 6 heteroatoms. The Bertz CT molecular complexity index is 888. The molecule has 0 heterocycles. The van der Waals surface area contributed by atoms with Crippen molar-refractivity contribution < 1.29 is 18.7 Å². The molecule has 1 atom stereocenters. The molecule has 2 rings (SSSR count). The van der Waals surface area contributed by atoms with Crippen molar-refractivity contribution in [2.24, 2.45) is 0 Å². The van der Waals surface area contributed by atoms with Crippen LogP contribution in [0.5, 0.6) is 5.75 Å². The van der Waals surface area contributed by atoms with Gasteiger partial charge in [0.2, 0.25) is 5.91 Å². The van der Waals surface area contributed by atoms with Crippen LogP contribution in [0.4, 0.5) is 4.39 Å². The molecule has 5 nitrogen and oxygen atoms in total. The number of amides is 2. The number of carbonyl (C=O) groups excluding carboxylic acids is 2. The van der Waals surface area contributed by atoms with Gasteiger partial charge in [0.1, 0.15) is 17.6 Å². The quantitative estimate of drug-likeness (QED) is 0.665. The van der Waals surface area contributed by atoms with Crippen LogP contribution in [0, 0.1) is 5.82 Å². The summed E-state index contributed by atoms with van der Waals surface area (Å²) in [4.78, 5) is 27.4. The first-order chi connectivity index (χ1) is 14.5. The van der Waals surface area contributed by atoms with Gasteiger partial charge in [-0.2, -0.15) is 0 Å². The third-order valence-corrected chi connectivity index (χ3v) is 4.82. The highest BCUT2D eigenvalue weighted by Crippen LogP contribution is 2.26. The Morgan fingerprint density at radius 1 is 1.03 bits per heavy atom. The first-order valence-corrected chi connectivity index (χ1v) is 10.6. The second-order valence-corrected chi connectivity index (χ2v) is 9.04. The smallest absolute Gasteiger partial charge is 0.261 e. The number of ether oxygens (including phenoxy) is 1. The Balaban J connectivity index is 2.21. The number of nitrogens with one attached hydrogen (secondary N) is 1. The number of halogens is 1. The standard InChI is InChI=1S/C25H33FN2O3/c1-17(2)21-9-7-8-10-22(21)31-16-23(29)28(15-19-11-13-20(26)14-12-19)18(3)24(30)27-25(4,5)6/h7-14,17-18H,15-16H2,1-6H3,(H,27,30)/t18-/m0/s1. The van der Waals surface area contributed by atoms with Crippen LogP contribution in [-0.4, -0.2) is 34.9 Å². The number of nitrogens with zero attached hydrogens (tertiary/aromatic N) is 1. The van der Waals surface area contributed by atoms with Crippen molar-refractivity contribution in [1.82, 2.24) is 10.2 Å². The highest BCUT2D eigenvalue weighted by Gasteiger charge is 2.28. The van der Waals surface area contributed by atoms with Crippen LogP contribution in [0.25, 0.3) is 0 Å². The molecule has 0 unspecified atom stereocenters. The lowest BCUT2D eigenvalue weighted by Gasteiger charge is -2.31. The predicted octanol–water partition coefficient (Wildman–Crippen LogP) is 4.66. The summed E-state index contributed by atoms with van der Waals surface area (Å²) >= 11 is 0. The Labute approximate surface area is 184 Å². The average Bonchev–Trinajstić information content (AvgIpc) is 2.70. The van der Waals surface area contributed by atoms with E-state index < -0.39 is 11.6 Å². The van der Waals surface area contributed by atoms with Crippen molar-refractivity contribution in [3.8, 4) is 5.75 Å². The third kappa shape index (κ3) is 7.39. The van der Waals surface area contributed by atoms with Crippen molar-refractivity contribution in [1.29, 1.82) is 0 Å². The summed E-state index contributed by atoms with van der Waals surface area (Å²) in [5.74, 6) is -0.0313. The zero-order valence-corrected chi connectivity index (χ0v) is 19.2. The lowest BCUT2D eigenvalue weighted by Crippen LogP contribution is -2.53. The van der Waals surface area contributed by atoms with Gasteiger partial charge in [0.05, 0.1) is 0 Å². The second-order valence-electron chi connectivity index (χ2n) is 9.04. The molecule has 0 fully saturated rings. The van der Waals surface area contributed by atoms with E-state index >= 15 is 0 Å². The van der Waals surface area contributed by atoms with Gasteiger partial charge in [0.15, 0.2) is 6.61 Å². The number of rotatable bonds is 8. The SMILES string of the molecule is CC(C)c1ccccc1OCC(=O)N(Cc1ccc(F)cc1)[C@@H](C)C(=O)NC(C)(C)C. The topological polar surface area (TPSA) is 58.6 Å². The number of carbonyl (C=O) groups is 2. The summed E-state index contributed by atoms with van der Waals surface area (Å²) in [6, 6.07) is 12.8. The van der Waals surface area contributed by atoms with Crippen LogP contribution in [0.1, 0.15) is 58.6 Å². The van der Waals surface area contributed by atoms with Crippen molar-refractivity contribution in [2.45, 2.75) is 65.6 Å². The van der Waals surface area contributed by atoms with Crippen LogP contribution in [0.15, 0.2) is 48.5 Å². The van der Waals surface area contributed by atoms with Crippen LogP contribution in [0.3, 0.4) is 0 Å². The van der Waals surface area contributed by atoms with Gasteiger partial charge in [-0.25, -0.2) is 4.39 Å². The van der Waals surface area contributed by atoms with Crippen LogP contribution < -0.4 is 10.1 Å². The molecule has 0 aromatic heterocycles. The van der Waals surface area contributed by atoms with E-state index in [0.29, 0.717) is 5.75 Å². The zero-order valence-electron chi connectivity index (χ0n) is 19.2. The van der Waals surface area contributed by atoms with E-state index in [4.69, 9.17) is 4.74 Å². The monoisotopic (exact) mass is 428 g/mol.